The maximum Gasteiger partial charge on any atom is 0.341 e. The Morgan fingerprint density at radius 2 is 2.08 bits per heavy atom. The molecule has 26 heavy (non-hydrogen) atoms. The van der Waals surface area contributed by atoms with Crippen LogP contribution < -0.4 is 5.32 Å². The smallest absolute Gasteiger partial charge is 0.341 e. The molecular weight excluding hydrogens is 332 g/mol. The van der Waals surface area contributed by atoms with Crippen LogP contribution in [-0.2, 0) is 17.8 Å². The molecule has 2 heterocycles. The van der Waals surface area contributed by atoms with E-state index in [2.05, 4.69) is 15.3 Å². The number of hydrogen-bond acceptors (Lipinski definition) is 6. The standard InChI is InChI=1S/C19H22N4O3/c1-3-26-19(25)15-12-21-18-17(22-13(2)23(18)9-10-24)16(15)20-11-14-7-5-4-6-8-14/h4-8,12,24H,3,9-11H2,1-2H3,(H,20,21). The molecule has 3 aromatic rings. The summed E-state index contributed by atoms with van der Waals surface area (Å²) in [4.78, 5) is 21.3. The molecule has 0 unspecified atom stereocenters. The predicted molar refractivity (Wildman–Crippen MR) is 99.1 cm³/mol. The number of imidazole rings is 1. The zero-order valence-corrected chi connectivity index (χ0v) is 14.9. The minimum absolute atomic E-state index is 0.0135. The number of rotatable bonds is 7. The summed E-state index contributed by atoms with van der Waals surface area (Å²) in [6.07, 6.45) is 1.50. The third kappa shape index (κ3) is 3.52. The van der Waals surface area contributed by atoms with Gasteiger partial charge in [-0.1, -0.05) is 30.3 Å². The maximum atomic E-state index is 12.4. The summed E-state index contributed by atoms with van der Waals surface area (Å²) in [5.74, 6) is 0.289. The minimum Gasteiger partial charge on any atom is -0.462 e. The molecule has 7 nitrogen and oxygen atoms in total. The fourth-order valence-corrected chi connectivity index (χ4v) is 2.87. The number of nitrogens with one attached hydrogen (secondary N) is 1. The van der Waals surface area contributed by atoms with Crippen molar-refractivity contribution in [3.8, 4) is 0 Å². The Morgan fingerprint density at radius 3 is 2.77 bits per heavy atom. The number of esters is 1. The highest BCUT2D eigenvalue weighted by molar-refractivity contribution is 6.03. The van der Waals surface area contributed by atoms with Gasteiger partial charge in [0, 0.05) is 19.3 Å². The molecule has 0 bridgehead atoms. The second kappa shape index (κ2) is 7.97. The van der Waals surface area contributed by atoms with Gasteiger partial charge in [0.1, 0.15) is 16.9 Å². The SMILES string of the molecule is CCOC(=O)c1cnc2c(nc(C)n2CCO)c1NCc1ccccc1. The number of nitrogens with zero attached hydrogens (tertiary/aromatic N) is 3. The van der Waals surface area contributed by atoms with Crippen molar-refractivity contribution in [2.24, 2.45) is 0 Å². The van der Waals surface area contributed by atoms with E-state index in [9.17, 15) is 9.90 Å². The highest BCUT2D eigenvalue weighted by Gasteiger charge is 2.20. The van der Waals surface area contributed by atoms with E-state index in [1.54, 1.807) is 6.92 Å². The molecule has 0 aliphatic carbocycles. The lowest BCUT2D eigenvalue weighted by Crippen LogP contribution is -2.12. The van der Waals surface area contributed by atoms with Gasteiger partial charge in [-0.25, -0.2) is 14.8 Å². The number of aromatic nitrogens is 3. The zero-order valence-electron chi connectivity index (χ0n) is 14.9. The van der Waals surface area contributed by atoms with Crippen LogP contribution in [-0.4, -0.2) is 38.8 Å². The van der Waals surface area contributed by atoms with Crippen LogP contribution in [0.3, 0.4) is 0 Å². The van der Waals surface area contributed by atoms with Crippen molar-refractivity contribution in [2.45, 2.75) is 26.9 Å². The summed E-state index contributed by atoms with van der Waals surface area (Å²) in [7, 11) is 0. The van der Waals surface area contributed by atoms with E-state index in [1.807, 2.05) is 41.8 Å². The Kier molecular flexibility index (Phi) is 5.48. The van der Waals surface area contributed by atoms with Gasteiger partial charge in [-0.05, 0) is 19.4 Å². The van der Waals surface area contributed by atoms with Gasteiger partial charge in [-0.15, -0.1) is 0 Å². The second-order valence-electron chi connectivity index (χ2n) is 5.81. The van der Waals surface area contributed by atoms with E-state index in [0.717, 1.165) is 11.4 Å². The third-order valence-corrected chi connectivity index (χ3v) is 4.08. The van der Waals surface area contributed by atoms with E-state index in [4.69, 9.17) is 4.74 Å². The maximum absolute atomic E-state index is 12.4. The molecule has 0 amide bonds. The predicted octanol–water partition coefficient (Wildman–Crippen LogP) is 2.52. The van der Waals surface area contributed by atoms with Crippen LogP contribution >= 0.6 is 0 Å². The van der Waals surface area contributed by atoms with Gasteiger partial charge in [-0.3, -0.25) is 0 Å². The molecular formula is C19H22N4O3. The van der Waals surface area contributed by atoms with Crippen molar-refractivity contribution in [1.82, 2.24) is 14.5 Å². The quantitative estimate of drug-likeness (QED) is 0.634. The molecule has 2 N–H and O–H groups in total. The largest absolute Gasteiger partial charge is 0.462 e. The Labute approximate surface area is 151 Å². The molecule has 2 aromatic heterocycles. The second-order valence-corrected chi connectivity index (χ2v) is 5.81. The highest BCUT2D eigenvalue weighted by Crippen LogP contribution is 2.27. The lowest BCUT2D eigenvalue weighted by atomic mass is 10.2. The van der Waals surface area contributed by atoms with Gasteiger partial charge in [0.05, 0.1) is 18.9 Å². The Hall–Kier alpha value is -2.93. The van der Waals surface area contributed by atoms with Crippen molar-refractivity contribution >= 4 is 22.8 Å². The van der Waals surface area contributed by atoms with Crippen molar-refractivity contribution in [3.63, 3.8) is 0 Å². The summed E-state index contributed by atoms with van der Waals surface area (Å²) in [6.45, 7) is 4.82. The van der Waals surface area contributed by atoms with E-state index in [1.165, 1.54) is 6.20 Å². The summed E-state index contributed by atoms with van der Waals surface area (Å²) in [6, 6.07) is 9.89. The lowest BCUT2D eigenvalue weighted by molar-refractivity contribution is 0.0527. The van der Waals surface area contributed by atoms with Crippen LogP contribution in [0.15, 0.2) is 36.5 Å². The summed E-state index contributed by atoms with van der Waals surface area (Å²) in [5.41, 5.74) is 3.25. The Balaban J connectivity index is 2.06. The number of benzene rings is 1. The molecule has 0 saturated carbocycles. The number of pyridine rings is 1. The van der Waals surface area contributed by atoms with E-state index < -0.39 is 5.97 Å². The van der Waals surface area contributed by atoms with Gasteiger partial charge in [-0.2, -0.15) is 0 Å². The van der Waals surface area contributed by atoms with Crippen molar-refractivity contribution < 1.29 is 14.6 Å². The molecule has 0 atom stereocenters. The first-order valence-electron chi connectivity index (χ1n) is 8.57. The molecule has 3 rings (SSSR count). The first kappa shape index (κ1) is 17.9. The average molecular weight is 354 g/mol. The van der Waals surface area contributed by atoms with Crippen LogP contribution in [0.5, 0.6) is 0 Å². The van der Waals surface area contributed by atoms with E-state index >= 15 is 0 Å². The van der Waals surface area contributed by atoms with Crippen LogP contribution in [0.4, 0.5) is 5.69 Å². The van der Waals surface area contributed by atoms with Crippen LogP contribution in [0, 0.1) is 6.92 Å². The van der Waals surface area contributed by atoms with Gasteiger partial charge in [0.15, 0.2) is 5.65 Å². The van der Waals surface area contributed by atoms with Crippen molar-refractivity contribution in [1.29, 1.82) is 0 Å². The zero-order chi connectivity index (χ0) is 18.5. The molecule has 136 valence electrons. The molecule has 0 aliphatic heterocycles. The van der Waals surface area contributed by atoms with E-state index in [0.29, 0.717) is 35.5 Å². The van der Waals surface area contributed by atoms with Crippen LogP contribution in [0.1, 0.15) is 28.7 Å². The summed E-state index contributed by atoms with van der Waals surface area (Å²) >= 11 is 0. The topological polar surface area (TPSA) is 89.3 Å². The summed E-state index contributed by atoms with van der Waals surface area (Å²) < 4.78 is 6.99. The molecule has 1 aromatic carbocycles. The van der Waals surface area contributed by atoms with Crippen LogP contribution in [0.2, 0.25) is 0 Å². The average Bonchev–Trinajstić information content (AvgIpc) is 2.97. The number of hydrogen-bond donors (Lipinski definition) is 2. The lowest BCUT2D eigenvalue weighted by Gasteiger charge is -2.12. The van der Waals surface area contributed by atoms with Gasteiger partial charge >= 0.3 is 5.97 Å². The van der Waals surface area contributed by atoms with Gasteiger partial charge in [0.25, 0.3) is 0 Å². The normalized spacial score (nSPS) is 10.9. The number of aliphatic hydroxyl groups is 1. The fourth-order valence-electron chi connectivity index (χ4n) is 2.87. The summed E-state index contributed by atoms with van der Waals surface area (Å²) in [5, 5.41) is 12.6. The minimum atomic E-state index is -0.438. The first-order chi connectivity index (χ1) is 12.7. The number of aliphatic hydroxyl groups excluding tert-OH is 1. The number of carbonyl (C=O) groups is 1. The molecule has 0 fully saturated rings. The number of anilines is 1. The first-order valence-corrected chi connectivity index (χ1v) is 8.57. The number of ether oxygens (including phenoxy) is 1. The van der Waals surface area contributed by atoms with Crippen LogP contribution in [0.25, 0.3) is 11.2 Å². The molecule has 0 saturated heterocycles. The number of carbonyl (C=O) groups excluding carboxylic acids is 1. The Morgan fingerprint density at radius 1 is 1.31 bits per heavy atom. The highest BCUT2D eigenvalue weighted by atomic mass is 16.5. The van der Waals surface area contributed by atoms with E-state index in [-0.39, 0.29) is 13.2 Å². The molecule has 0 radical (unpaired) electrons. The molecule has 0 aliphatic rings. The van der Waals surface area contributed by atoms with Crippen molar-refractivity contribution in [3.05, 3.63) is 53.5 Å². The van der Waals surface area contributed by atoms with Gasteiger partial charge in [0.2, 0.25) is 0 Å². The number of aryl methyl sites for hydroxylation is 1. The Bertz CT molecular complexity index is 906. The fraction of sp³-hybridized carbons (Fsp3) is 0.316. The monoisotopic (exact) mass is 354 g/mol. The molecule has 0 spiro atoms. The number of fused-ring (bicyclic) bond motifs is 1. The molecule has 7 heteroatoms. The van der Waals surface area contributed by atoms with Crippen molar-refractivity contribution in [2.75, 3.05) is 18.5 Å². The van der Waals surface area contributed by atoms with Gasteiger partial charge < -0.3 is 19.7 Å². The third-order valence-electron chi connectivity index (χ3n) is 4.08.